The van der Waals surface area contributed by atoms with Crippen LogP contribution in [0.2, 0.25) is 0 Å². The molecule has 0 aliphatic heterocycles. The van der Waals surface area contributed by atoms with Gasteiger partial charge in [0.15, 0.2) is 5.69 Å². The number of fused-ring (bicyclic) bond motifs is 3. The highest BCUT2D eigenvalue weighted by molar-refractivity contribution is 5.69. The van der Waals surface area contributed by atoms with E-state index < -0.39 is 47.7 Å². The van der Waals surface area contributed by atoms with E-state index in [1.54, 1.807) is 0 Å². The fraction of sp³-hybridized carbons (Fsp3) is 0.667. The summed E-state index contributed by atoms with van der Waals surface area (Å²) in [5, 5.41) is 3.21. The molecule has 4 nitrogen and oxygen atoms in total. The highest BCUT2D eigenvalue weighted by atomic mass is 19.4. The van der Waals surface area contributed by atoms with Gasteiger partial charge < -0.3 is 4.74 Å². The van der Waals surface area contributed by atoms with Crippen molar-refractivity contribution in [2.45, 2.75) is 37.9 Å². The van der Waals surface area contributed by atoms with Crippen molar-refractivity contribution in [1.29, 1.82) is 0 Å². The average Bonchev–Trinajstić information content (AvgIpc) is 2.98. The first kappa shape index (κ1) is 14.3. The molecule has 21 heavy (non-hydrogen) atoms. The Balaban J connectivity index is 2.06. The molecule has 9 heteroatoms. The number of hydrogen-bond acceptors (Lipinski definition) is 3. The van der Waals surface area contributed by atoms with Gasteiger partial charge in [0.2, 0.25) is 0 Å². The van der Waals surface area contributed by atoms with Crippen molar-refractivity contribution >= 4 is 5.97 Å². The topological polar surface area (TPSA) is 44.1 Å². The van der Waals surface area contributed by atoms with Crippen molar-refractivity contribution in [1.82, 2.24) is 9.78 Å². The smallest absolute Gasteiger partial charge is 0.435 e. The summed E-state index contributed by atoms with van der Waals surface area (Å²) in [6, 6.07) is 0. The number of hydrogen-bond donors (Lipinski definition) is 0. The second kappa shape index (κ2) is 4.17. The number of ether oxygens (including phenoxy) is 1. The molecule has 1 aromatic rings. The Morgan fingerprint density at radius 3 is 2.71 bits per heavy atom. The molecule has 0 amide bonds. The average molecular weight is 310 g/mol. The van der Waals surface area contributed by atoms with Crippen molar-refractivity contribution in [3.05, 3.63) is 17.0 Å². The summed E-state index contributed by atoms with van der Waals surface area (Å²) < 4.78 is 72.0. The number of halogens is 5. The van der Waals surface area contributed by atoms with E-state index in [1.807, 2.05) is 0 Å². The van der Waals surface area contributed by atoms with E-state index in [9.17, 15) is 26.7 Å². The van der Waals surface area contributed by atoms with Gasteiger partial charge in [0.25, 0.3) is 5.92 Å². The largest absolute Gasteiger partial charge is 0.465 e. The Kier molecular flexibility index (Phi) is 2.84. The molecule has 2 atom stereocenters. The molecular formula is C12H11F5N2O2. The number of aromatic nitrogens is 2. The third-order valence-electron chi connectivity index (χ3n) is 3.79. The molecular weight excluding hydrogens is 299 g/mol. The summed E-state index contributed by atoms with van der Waals surface area (Å²) in [6.07, 6.45) is -4.87. The molecule has 1 fully saturated rings. The van der Waals surface area contributed by atoms with Crippen LogP contribution in [0.25, 0.3) is 0 Å². The molecule has 0 radical (unpaired) electrons. The van der Waals surface area contributed by atoms with Gasteiger partial charge in [-0.25, -0.2) is 8.78 Å². The summed E-state index contributed by atoms with van der Waals surface area (Å²) in [6.45, 7) is 1.000. The number of nitrogens with zero attached hydrogens (tertiary/aromatic N) is 2. The van der Waals surface area contributed by atoms with E-state index in [0.29, 0.717) is 0 Å². The van der Waals surface area contributed by atoms with Gasteiger partial charge in [-0.2, -0.15) is 18.3 Å². The maximum absolute atomic E-state index is 14.0. The predicted molar refractivity (Wildman–Crippen MR) is 58.6 cm³/mol. The minimum Gasteiger partial charge on any atom is -0.465 e. The molecule has 2 aliphatic carbocycles. The van der Waals surface area contributed by atoms with E-state index in [-0.39, 0.29) is 18.7 Å². The summed E-state index contributed by atoms with van der Waals surface area (Å²) in [4.78, 5) is 11.4. The van der Waals surface area contributed by atoms with Crippen molar-refractivity contribution in [2.75, 3.05) is 6.61 Å². The van der Waals surface area contributed by atoms with E-state index in [1.165, 1.54) is 6.92 Å². The number of carbonyl (C=O) groups is 1. The quantitative estimate of drug-likeness (QED) is 0.637. The van der Waals surface area contributed by atoms with Crippen LogP contribution in [0.3, 0.4) is 0 Å². The fourth-order valence-electron chi connectivity index (χ4n) is 2.91. The van der Waals surface area contributed by atoms with Gasteiger partial charge in [0.1, 0.15) is 6.54 Å². The lowest BCUT2D eigenvalue weighted by molar-refractivity contribution is -0.148. The van der Waals surface area contributed by atoms with Gasteiger partial charge in [-0.3, -0.25) is 9.48 Å². The molecule has 1 aromatic heterocycles. The lowest BCUT2D eigenvalue weighted by Crippen LogP contribution is -2.19. The van der Waals surface area contributed by atoms with Crippen LogP contribution in [0, 0.1) is 5.92 Å². The van der Waals surface area contributed by atoms with Crippen LogP contribution in [-0.4, -0.2) is 22.4 Å². The predicted octanol–water partition coefficient (Wildman–Crippen LogP) is 2.67. The Morgan fingerprint density at radius 2 is 2.14 bits per heavy atom. The molecule has 0 spiro atoms. The molecule has 0 aromatic carbocycles. The van der Waals surface area contributed by atoms with Crippen molar-refractivity contribution in [3.8, 4) is 0 Å². The zero-order chi connectivity index (χ0) is 15.6. The summed E-state index contributed by atoms with van der Waals surface area (Å²) >= 11 is 0. The zero-order valence-corrected chi connectivity index (χ0v) is 10.9. The van der Waals surface area contributed by atoms with Gasteiger partial charge in [0, 0.05) is 11.8 Å². The molecule has 1 saturated carbocycles. The van der Waals surface area contributed by atoms with Gasteiger partial charge in [-0.15, -0.1) is 0 Å². The van der Waals surface area contributed by atoms with Crippen LogP contribution in [0.1, 0.15) is 36.2 Å². The highest BCUT2D eigenvalue weighted by Crippen LogP contribution is 2.68. The van der Waals surface area contributed by atoms with Gasteiger partial charge in [0.05, 0.1) is 17.9 Å². The van der Waals surface area contributed by atoms with Gasteiger partial charge in [-0.1, -0.05) is 0 Å². The first-order valence-corrected chi connectivity index (χ1v) is 6.39. The zero-order valence-electron chi connectivity index (χ0n) is 10.9. The SMILES string of the molecule is CCOC(=O)Cn1nc(C(F)(F)F)c2c1C1CC1C2(F)F. The fourth-order valence-corrected chi connectivity index (χ4v) is 2.91. The monoisotopic (exact) mass is 310 g/mol. The van der Waals surface area contributed by atoms with Crippen molar-refractivity contribution in [3.63, 3.8) is 0 Å². The minimum absolute atomic E-state index is 0.0522. The van der Waals surface area contributed by atoms with Crippen LogP contribution >= 0.6 is 0 Å². The van der Waals surface area contributed by atoms with Crippen LogP contribution in [0.5, 0.6) is 0 Å². The second-order valence-electron chi connectivity index (χ2n) is 5.14. The number of alkyl halides is 5. The van der Waals surface area contributed by atoms with E-state index in [4.69, 9.17) is 0 Å². The molecule has 0 bridgehead atoms. The van der Waals surface area contributed by atoms with Crippen LogP contribution in [-0.2, 0) is 28.2 Å². The van der Waals surface area contributed by atoms with Crippen LogP contribution in [0.15, 0.2) is 0 Å². The number of rotatable bonds is 3. The minimum atomic E-state index is -4.98. The van der Waals surface area contributed by atoms with E-state index in [0.717, 1.165) is 4.68 Å². The van der Waals surface area contributed by atoms with Crippen LogP contribution < -0.4 is 0 Å². The molecule has 2 unspecified atom stereocenters. The number of carbonyl (C=O) groups excluding carboxylic acids is 1. The van der Waals surface area contributed by atoms with Crippen molar-refractivity contribution in [2.24, 2.45) is 5.92 Å². The van der Waals surface area contributed by atoms with Crippen molar-refractivity contribution < 1.29 is 31.5 Å². The standard InChI is InChI=1S/C12H11F5N2O2/c1-2-21-7(20)4-19-9-5-3-6(5)11(13,14)8(9)10(18-19)12(15,16)17/h5-6H,2-4H2,1H3. The molecule has 3 rings (SSSR count). The van der Waals surface area contributed by atoms with Gasteiger partial charge in [-0.05, 0) is 13.3 Å². The number of esters is 1. The lowest BCUT2D eigenvalue weighted by atomic mass is 10.1. The Hall–Kier alpha value is -1.67. The van der Waals surface area contributed by atoms with E-state index in [2.05, 4.69) is 9.84 Å². The highest BCUT2D eigenvalue weighted by Gasteiger charge is 2.68. The van der Waals surface area contributed by atoms with Crippen LogP contribution in [0.4, 0.5) is 22.0 Å². The first-order chi connectivity index (χ1) is 9.67. The second-order valence-corrected chi connectivity index (χ2v) is 5.14. The normalized spacial score (nSPS) is 25.4. The maximum atomic E-state index is 14.0. The third-order valence-corrected chi connectivity index (χ3v) is 3.79. The molecule has 0 N–H and O–H groups in total. The maximum Gasteiger partial charge on any atom is 0.435 e. The first-order valence-electron chi connectivity index (χ1n) is 6.39. The molecule has 0 saturated heterocycles. The lowest BCUT2D eigenvalue weighted by Gasteiger charge is -2.14. The Morgan fingerprint density at radius 1 is 1.48 bits per heavy atom. The third kappa shape index (κ3) is 2.01. The summed E-state index contributed by atoms with van der Waals surface area (Å²) in [5.41, 5.74) is -2.84. The molecule has 2 aliphatic rings. The van der Waals surface area contributed by atoms with E-state index >= 15 is 0 Å². The Bertz CT molecular complexity index is 608. The molecule has 1 heterocycles. The molecule has 116 valence electrons. The summed E-state index contributed by atoms with van der Waals surface area (Å²) in [5.74, 6) is -6.12. The Labute approximate surface area is 115 Å². The van der Waals surface area contributed by atoms with Gasteiger partial charge >= 0.3 is 12.1 Å². The summed E-state index contributed by atoms with van der Waals surface area (Å²) in [7, 11) is 0.